The average Bonchev–Trinajstić information content (AvgIpc) is 2.76. The van der Waals surface area contributed by atoms with E-state index in [1.54, 1.807) is 0 Å². The van der Waals surface area contributed by atoms with Crippen molar-refractivity contribution in [2.75, 3.05) is 5.73 Å². The Hall–Kier alpha value is -2.75. The highest BCUT2D eigenvalue weighted by atomic mass is 16.1. The molecule has 1 aromatic heterocycles. The highest BCUT2D eigenvalue weighted by Gasteiger charge is 2.13. The summed E-state index contributed by atoms with van der Waals surface area (Å²) in [5.74, 6) is 0. The van der Waals surface area contributed by atoms with Gasteiger partial charge in [0.1, 0.15) is 5.69 Å². The maximum atomic E-state index is 12.3. The van der Waals surface area contributed by atoms with Gasteiger partial charge in [-0.3, -0.25) is 9.89 Å². The minimum atomic E-state index is -0.227. The van der Waals surface area contributed by atoms with E-state index in [0.717, 1.165) is 16.8 Å². The van der Waals surface area contributed by atoms with Gasteiger partial charge >= 0.3 is 0 Å². The number of aryl methyl sites for hydroxylation is 1. The fraction of sp³-hybridized carbons (Fsp3) is 0.0625. The molecule has 0 atom stereocenters. The Morgan fingerprint density at radius 2 is 1.80 bits per heavy atom. The topological polar surface area (TPSA) is 63.8 Å². The molecule has 4 nitrogen and oxygen atoms in total. The second-order valence-electron chi connectivity index (χ2n) is 4.75. The normalized spacial score (nSPS) is 10.7. The molecule has 3 aromatic rings. The second kappa shape index (κ2) is 4.74. The number of anilines is 1. The summed E-state index contributed by atoms with van der Waals surface area (Å²) in [6.07, 6.45) is 0. The molecule has 2 aromatic carbocycles. The number of rotatable bonds is 2. The van der Waals surface area contributed by atoms with Gasteiger partial charge in [-0.2, -0.15) is 0 Å². The molecule has 0 fully saturated rings. The first-order valence-corrected chi connectivity index (χ1v) is 6.40. The average molecular weight is 265 g/mol. The van der Waals surface area contributed by atoms with Crippen LogP contribution in [0.3, 0.4) is 0 Å². The third-order valence-corrected chi connectivity index (χ3v) is 3.25. The van der Waals surface area contributed by atoms with Gasteiger partial charge in [0.05, 0.1) is 11.4 Å². The Labute approximate surface area is 116 Å². The first-order chi connectivity index (χ1) is 9.66. The summed E-state index contributed by atoms with van der Waals surface area (Å²) >= 11 is 0. The number of hydrogen-bond acceptors (Lipinski definition) is 2. The van der Waals surface area contributed by atoms with Crippen molar-refractivity contribution in [2.24, 2.45) is 0 Å². The molecule has 0 bridgehead atoms. The predicted molar refractivity (Wildman–Crippen MR) is 81.0 cm³/mol. The summed E-state index contributed by atoms with van der Waals surface area (Å²) in [6, 6.07) is 17.3. The highest BCUT2D eigenvalue weighted by Crippen LogP contribution is 2.21. The lowest BCUT2D eigenvalue weighted by Gasteiger charge is -2.03. The van der Waals surface area contributed by atoms with Crippen molar-refractivity contribution < 1.29 is 0 Å². The fourth-order valence-corrected chi connectivity index (χ4v) is 2.22. The van der Waals surface area contributed by atoms with Crippen molar-refractivity contribution in [1.82, 2.24) is 9.78 Å². The van der Waals surface area contributed by atoms with Gasteiger partial charge in [0.25, 0.3) is 5.56 Å². The molecular formula is C16H15N3O. The van der Waals surface area contributed by atoms with E-state index in [0.29, 0.717) is 5.69 Å². The van der Waals surface area contributed by atoms with Gasteiger partial charge in [-0.1, -0.05) is 42.5 Å². The summed E-state index contributed by atoms with van der Waals surface area (Å²) in [7, 11) is 0. The van der Waals surface area contributed by atoms with Gasteiger partial charge < -0.3 is 5.73 Å². The minimum Gasteiger partial charge on any atom is -0.392 e. The third kappa shape index (κ3) is 2.01. The summed E-state index contributed by atoms with van der Waals surface area (Å²) in [5, 5.41) is 3.09. The van der Waals surface area contributed by atoms with Crippen LogP contribution >= 0.6 is 0 Å². The van der Waals surface area contributed by atoms with E-state index in [1.807, 2.05) is 61.5 Å². The van der Waals surface area contributed by atoms with E-state index in [1.165, 1.54) is 4.68 Å². The first kappa shape index (κ1) is 12.3. The van der Waals surface area contributed by atoms with E-state index in [9.17, 15) is 4.79 Å². The van der Waals surface area contributed by atoms with Crippen LogP contribution < -0.4 is 11.3 Å². The van der Waals surface area contributed by atoms with E-state index in [4.69, 9.17) is 5.73 Å². The van der Waals surface area contributed by atoms with Crippen LogP contribution in [-0.2, 0) is 0 Å². The molecule has 0 amide bonds. The van der Waals surface area contributed by atoms with Crippen molar-refractivity contribution in [3.05, 3.63) is 70.5 Å². The summed E-state index contributed by atoms with van der Waals surface area (Å²) < 4.78 is 1.48. The molecule has 20 heavy (non-hydrogen) atoms. The number of nitrogen functional groups attached to an aromatic ring is 1. The lowest BCUT2D eigenvalue weighted by molar-refractivity contribution is 0.852. The molecule has 0 aliphatic carbocycles. The van der Waals surface area contributed by atoms with E-state index >= 15 is 0 Å². The molecule has 4 heteroatoms. The zero-order chi connectivity index (χ0) is 14.1. The molecule has 0 radical (unpaired) electrons. The Kier molecular flexibility index (Phi) is 2.91. The number of hydrogen-bond donors (Lipinski definition) is 2. The molecule has 0 unspecified atom stereocenters. The molecule has 0 spiro atoms. The van der Waals surface area contributed by atoms with Crippen LogP contribution in [-0.4, -0.2) is 9.78 Å². The zero-order valence-electron chi connectivity index (χ0n) is 11.1. The third-order valence-electron chi connectivity index (χ3n) is 3.25. The molecule has 3 N–H and O–H groups in total. The van der Waals surface area contributed by atoms with Crippen LogP contribution in [0.15, 0.2) is 59.4 Å². The predicted octanol–water partition coefficient (Wildman–Crippen LogP) is 2.72. The second-order valence-corrected chi connectivity index (χ2v) is 4.75. The van der Waals surface area contributed by atoms with Crippen molar-refractivity contribution in [3.8, 4) is 16.9 Å². The number of benzene rings is 2. The van der Waals surface area contributed by atoms with Crippen molar-refractivity contribution in [2.45, 2.75) is 6.92 Å². The van der Waals surface area contributed by atoms with Crippen molar-refractivity contribution >= 4 is 5.69 Å². The largest absolute Gasteiger partial charge is 0.392 e. The van der Waals surface area contributed by atoms with E-state index in [-0.39, 0.29) is 11.2 Å². The molecule has 0 aliphatic rings. The number of H-pyrrole nitrogens is 1. The Morgan fingerprint density at radius 3 is 2.50 bits per heavy atom. The minimum absolute atomic E-state index is 0.227. The standard InChI is InChI=1S/C16H15N3O/c1-11-6-5-9-13(10-11)19-16(20)14(17)15(18-19)12-7-3-2-4-8-12/h2-10,18H,17H2,1H3. The maximum Gasteiger partial charge on any atom is 0.295 e. The molecule has 0 aliphatic heterocycles. The van der Waals surface area contributed by atoms with Crippen molar-refractivity contribution in [3.63, 3.8) is 0 Å². The first-order valence-electron chi connectivity index (χ1n) is 6.40. The van der Waals surface area contributed by atoms with Crippen LogP contribution in [0.5, 0.6) is 0 Å². The number of nitrogens with zero attached hydrogens (tertiary/aromatic N) is 1. The Bertz CT molecular complexity index is 800. The van der Waals surface area contributed by atoms with Gasteiger partial charge in [-0.25, -0.2) is 4.68 Å². The number of aromatic nitrogens is 2. The van der Waals surface area contributed by atoms with Crippen LogP contribution in [0.2, 0.25) is 0 Å². The smallest absolute Gasteiger partial charge is 0.295 e. The molecule has 100 valence electrons. The lowest BCUT2D eigenvalue weighted by Crippen LogP contribution is -2.16. The van der Waals surface area contributed by atoms with Crippen LogP contribution in [0.4, 0.5) is 5.69 Å². The Morgan fingerprint density at radius 1 is 1.05 bits per heavy atom. The highest BCUT2D eigenvalue weighted by molar-refractivity contribution is 5.72. The maximum absolute atomic E-state index is 12.3. The number of nitrogens with one attached hydrogen (secondary N) is 1. The zero-order valence-corrected chi connectivity index (χ0v) is 11.1. The van der Waals surface area contributed by atoms with Gasteiger partial charge in [0, 0.05) is 5.56 Å². The summed E-state index contributed by atoms with van der Waals surface area (Å²) in [5.41, 5.74) is 9.37. The molecule has 3 rings (SSSR count). The van der Waals surface area contributed by atoms with Crippen LogP contribution in [0.25, 0.3) is 16.9 Å². The Balaban J connectivity index is 2.18. The number of nitrogens with two attached hydrogens (primary N) is 1. The lowest BCUT2D eigenvalue weighted by atomic mass is 10.1. The fourth-order valence-electron chi connectivity index (χ4n) is 2.22. The van der Waals surface area contributed by atoms with Crippen molar-refractivity contribution in [1.29, 1.82) is 0 Å². The van der Waals surface area contributed by atoms with Gasteiger partial charge in [-0.15, -0.1) is 0 Å². The SMILES string of the molecule is Cc1cccc(-n2[nH]c(-c3ccccc3)c(N)c2=O)c1. The van der Waals surface area contributed by atoms with E-state index in [2.05, 4.69) is 5.10 Å². The van der Waals surface area contributed by atoms with Crippen LogP contribution in [0, 0.1) is 6.92 Å². The molecular weight excluding hydrogens is 250 g/mol. The monoisotopic (exact) mass is 265 g/mol. The summed E-state index contributed by atoms with van der Waals surface area (Å²) in [6.45, 7) is 1.99. The van der Waals surface area contributed by atoms with Gasteiger partial charge in [0.2, 0.25) is 0 Å². The molecule has 0 saturated heterocycles. The number of aromatic amines is 1. The quantitative estimate of drug-likeness (QED) is 0.748. The van der Waals surface area contributed by atoms with Gasteiger partial charge in [-0.05, 0) is 24.6 Å². The summed E-state index contributed by atoms with van der Waals surface area (Å²) in [4.78, 5) is 12.3. The van der Waals surface area contributed by atoms with Gasteiger partial charge in [0.15, 0.2) is 0 Å². The molecule has 0 saturated carbocycles. The van der Waals surface area contributed by atoms with Crippen LogP contribution in [0.1, 0.15) is 5.56 Å². The van der Waals surface area contributed by atoms with E-state index < -0.39 is 0 Å². The molecule has 1 heterocycles.